The lowest BCUT2D eigenvalue weighted by Gasteiger charge is -2.13. The highest BCUT2D eigenvalue weighted by atomic mass is 79.9. The van der Waals surface area contributed by atoms with Gasteiger partial charge in [0.2, 0.25) is 11.8 Å². The Hall–Kier alpha value is -1.91. The maximum absolute atomic E-state index is 12.8. The Kier molecular flexibility index (Phi) is 5.25. The van der Waals surface area contributed by atoms with Gasteiger partial charge in [-0.05, 0) is 15.9 Å². The number of ether oxygens (including phenoxy) is 1. The van der Waals surface area contributed by atoms with E-state index in [4.69, 9.17) is 0 Å². The van der Waals surface area contributed by atoms with Gasteiger partial charge >= 0.3 is 12.1 Å². The molecule has 20 heavy (non-hydrogen) atoms. The Balaban J connectivity index is 3.23. The molecule has 0 aromatic carbocycles. The summed E-state index contributed by atoms with van der Waals surface area (Å²) in [5.74, 6) is -1.37. The van der Waals surface area contributed by atoms with Crippen LogP contribution in [-0.4, -0.2) is 28.6 Å². The van der Waals surface area contributed by atoms with Crippen LogP contribution in [0.3, 0.4) is 0 Å². The highest BCUT2D eigenvalue weighted by molar-refractivity contribution is 9.10. The van der Waals surface area contributed by atoms with Crippen molar-refractivity contribution in [2.45, 2.75) is 19.7 Å². The van der Waals surface area contributed by atoms with Crippen molar-refractivity contribution in [1.82, 2.24) is 4.98 Å². The van der Waals surface area contributed by atoms with E-state index in [1.54, 1.807) is 0 Å². The Morgan fingerprint density at radius 2 is 2.15 bits per heavy atom. The fourth-order valence-electron chi connectivity index (χ4n) is 1.12. The summed E-state index contributed by atoms with van der Waals surface area (Å²) in [4.78, 5) is 24.2. The number of halogens is 4. The van der Waals surface area contributed by atoms with Gasteiger partial charge in [0.25, 0.3) is 6.36 Å². The van der Waals surface area contributed by atoms with E-state index in [0.717, 1.165) is 13.0 Å². The summed E-state index contributed by atoms with van der Waals surface area (Å²) in [5.41, 5.74) is -0.941. The van der Waals surface area contributed by atoms with Gasteiger partial charge in [-0.3, -0.25) is 14.9 Å². The number of anilines is 1. The van der Waals surface area contributed by atoms with Crippen molar-refractivity contribution < 1.29 is 27.6 Å². The number of alkyl halides is 3. The topological polar surface area (TPSA) is 94.4 Å². The van der Waals surface area contributed by atoms with E-state index in [0.29, 0.717) is 0 Å². The zero-order chi connectivity index (χ0) is 15.4. The standard InChI is InChI=1S/C9H7BrF3N3O4/c1-3(17)14-4-2-5(16(18)19)6(10)15-9(4)20-8(13)7(11)12/h2,7-8H,1H3,(H,14,17). The Morgan fingerprint density at radius 3 is 2.60 bits per heavy atom. The lowest BCUT2D eigenvalue weighted by molar-refractivity contribution is -0.386. The van der Waals surface area contributed by atoms with E-state index in [1.165, 1.54) is 0 Å². The number of nitrogens with zero attached hydrogens (tertiary/aromatic N) is 2. The van der Waals surface area contributed by atoms with Gasteiger partial charge in [-0.2, -0.15) is 9.37 Å². The molecule has 11 heteroatoms. The molecule has 1 heterocycles. The van der Waals surface area contributed by atoms with Crippen LogP contribution in [0.1, 0.15) is 6.92 Å². The number of carbonyl (C=O) groups excluding carboxylic acids is 1. The van der Waals surface area contributed by atoms with E-state index >= 15 is 0 Å². The molecule has 1 aromatic heterocycles. The summed E-state index contributed by atoms with van der Waals surface area (Å²) >= 11 is 2.72. The van der Waals surface area contributed by atoms with Crippen molar-refractivity contribution in [1.29, 1.82) is 0 Å². The van der Waals surface area contributed by atoms with Gasteiger partial charge in [0, 0.05) is 13.0 Å². The van der Waals surface area contributed by atoms with Crippen molar-refractivity contribution in [3.8, 4) is 5.88 Å². The molecule has 0 aliphatic rings. The number of pyridine rings is 1. The van der Waals surface area contributed by atoms with Crippen molar-refractivity contribution in [3.05, 3.63) is 20.8 Å². The maximum atomic E-state index is 12.8. The monoisotopic (exact) mass is 357 g/mol. The summed E-state index contributed by atoms with van der Waals surface area (Å²) in [6.07, 6.45) is -6.42. The average molecular weight is 358 g/mol. The second kappa shape index (κ2) is 6.50. The molecule has 1 atom stereocenters. The number of amides is 1. The lowest BCUT2D eigenvalue weighted by Crippen LogP contribution is -2.21. The first-order valence-corrected chi connectivity index (χ1v) is 5.73. The van der Waals surface area contributed by atoms with E-state index in [9.17, 15) is 28.1 Å². The number of rotatable bonds is 5. The molecule has 0 radical (unpaired) electrons. The molecule has 110 valence electrons. The smallest absolute Gasteiger partial charge is 0.304 e. The fraction of sp³-hybridized carbons (Fsp3) is 0.333. The van der Waals surface area contributed by atoms with Gasteiger partial charge in [-0.15, -0.1) is 0 Å². The van der Waals surface area contributed by atoms with Crippen LogP contribution >= 0.6 is 15.9 Å². The van der Waals surface area contributed by atoms with Crippen LogP contribution in [0.25, 0.3) is 0 Å². The van der Waals surface area contributed by atoms with Crippen LogP contribution in [0.4, 0.5) is 24.5 Å². The number of nitro groups is 1. The predicted octanol–water partition coefficient (Wildman–Crippen LogP) is 2.65. The van der Waals surface area contributed by atoms with Gasteiger partial charge < -0.3 is 10.1 Å². The minimum absolute atomic E-state index is 0.354. The number of hydrogen-bond acceptors (Lipinski definition) is 5. The second-order valence-electron chi connectivity index (χ2n) is 3.39. The molecular weight excluding hydrogens is 351 g/mol. The molecule has 7 nitrogen and oxygen atoms in total. The molecule has 0 aliphatic heterocycles. The van der Waals surface area contributed by atoms with Gasteiger partial charge in [-0.25, -0.2) is 8.78 Å². The van der Waals surface area contributed by atoms with Crippen molar-refractivity contribution >= 4 is 33.2 Å². The minimum atomic E-state index is -3.43. The third-order valence-electron chi connectivity index (χ3n) is 1.85. The van der Waals surface area contributed by atoms with Crippen LogP contribution in [0, 0.1) is 10.1 Å². The Bertz CT molecular complexity index is 543. The van der Waals surface area contributed by atoms with Gasteiger partial charge in [0.05, 0.1) is 4.92 Å². The molecule has 0 aliphatic carbocycles. The highest BCUT2D eigenvalue weighted by Crippen LogP contribution is 2.33. The van der Waals surface area contributed by atoms with E-state index in [1.807, 2.05) is 0 Å². The summed E-state index contributed by atoms with van der Waals surface area (Å²) in [5, 5.41) is 12.8. The van der Waals surface area contributed by atoms with E-state index < -0.39 is 40.9 Å². The molecule has 0 spiro atoms. The van der Waals surface area contributed by atoms with Crippen LogP contribution in [0.15, 0.2) is 10.7 Å². The van der Waals surface area contributed by atoms with Crippen molar-refractivity contribution in [3.63, 3.8) is 0 Å². The summed E-state index contributed by atoms with van der Waals surface area (Å²) in [7, 11) is 0. The van der Waals surface area contributed by atoms with Crippen LogP contribution < -0.4 is 10.1 Å². The minimum Gasteiger partial charge on any atom is -0.435 e. The molecule has 1 unspecified atom stereocenters. The van der Waals surface area contributed by atoms with Crippen molar-refractivity contribution in [2.24, 2.45) is 0 Å². The SMILES string of the molecule is CC(=O)Nc1cc([N+](=O)[O-])c(Br)nc1OC(F)C(F)F. The molecule has 1 aromatic rings. The Labute approximate surface area is 118 Å². The fourth-order valence-corrected chi connectivity index (χ4v) is 1.54. The number of aromatic nitrogens is 1. The van der Waals surface area contributed by atoms with Crippen LogP contribution in [-0.2, 0) is 4.79 Å². The summed E-state index contributed by atoms with van der Waals surface area (Å²) in [6.45, 7) is 1.07. The molecule has 0 fully saturated rings. The van der Waals surface area contributed by atoms with Gasteiger partial charge in [-0.1, -0.05) is 0 Å². The lowest BCUT2D eigenvalue weighted by atomic mass is 10.3. The largest absolute Gasteiger partial charge is 0.435 e. The third kappa shape index (κ3) is 4.05. The molecule has 0 bridgehead atoms. The average Bonchev–Trinajstić information content (AvgIpc) is 2.31. The zero-order valence-corrected chi connectivity index (χ0v) is 11.4. The highest BCUT2D eigenvalue weighted by Gasteiger charge is 2.26. The molecule has 1 rings (SSSR count). The molecule has 0 saturated carbocycles. The molecule has 1 N–H and O–H groups in total. The molecule has 1 amide bonds. The normalized spacial score (nSPS) is 12.1. The van der Waals surface area contributed by atoms with Crippen LogP contribution in [0.5, 0.6) is 5.88 Å². The number of nitrogens with one attached hydrogen (secondary N) is 1. The first-order valence-electron chi connectivity index (χ1n) is 4.93. The first-order chi connectivity index (χ1) is 9.22. The molecule has 0 saturated heterocycles. The molecular formula is C9H7BrF3N3O4. The second-order valence-corrected chi connectivity index (χ2v) is 4.14. The third-order valence-corrected chi connectivity index (χ3v) is 2.44. The Morgan fingerprint density at radius 1 is 1.55 bits per heavy atom. The number of carbonyl (C=O) groups is 1. The van der Waals surface area contributed by atoms with Gasteiger partial charge in [0.1, 0.15) is 5.69 Å². The quantitative estimate of drug-likeness (QED) is 0.496. The summed E-state index contributed by atoms with van der Waals surface area (Å²) < 4.78 is 40.9. The first kappa shape index (κ1) is 16.1. The predicted molar refractivity (Wildman–Crippen MR) is 64.4 cm³/mol. The van der Waals surface area contributed by atoms with E-state index in [-0.39, 0.29) is 4.60 Å². The van der Waals surface area contributed by atoms with Crippen LogP contribution in [0.2, 0.25) is 0 Å². The summed E-state index contributed by atoms with van der Waals surface area (Å²) in [6, 6.07) is 0.812. The number of hydrogen-bond donors (Lipinski definition) is 1. The van der Waals surface area contributed by atoms with Gasteiger partial charge in [0.15, 0.2) is 4.60 Å². The van der Waals surface area contributed by atoms with E-state index in [2.05, 4.69) is 31.0 Å². The zero-order valence-electron chi connectivity index (χ0n) is 9.77. The van der Waals surface area contributed by atoms with Crippen molar-refractivity contribution in [2.75, 3.05) is 5.32 Å². The maximum Gasteiger partial charge on any atom is 0.304 e.